The monoisotopic (exact) mass is 229 g/mol. The average Bonchev–Trinajstić information content (AvgIpc) is 2.37. The van der Waals surface area contributed by atoms with E-state index in [1.165, 1.54) is 0 Å². The molecule has 0 saturated carbocycles. The fourth-order valence-corrected chi connectivity index (χ4v) is 1.36. The van der Waals surface area contributed by atoms with Gasteiger partial charge in [-0.2, -0.15) is 0 Å². The molecule has 0 spiro atoms. The molecular formula is C14H15NO2. The van der Waals surface area contributed by atoms with Gasteiger partial charge in [0.2, 0.25) is 5.91 Å². The van der Waals surface area contributed by atoms with Gasteiger partial charge in [0.25, 0.3) is 0 Å². The highest BCUT2D eigenvalue weighted by molar-refractivity contribution is 5.97. The zero-order valence-corrected chi connectivity index (χ0v) is 9.61. The molecule has 1 aromatic carbocycles. The van der Waals surface area contributed by atoms with Crippen LogP contribution in [0.4, 0.5) is 0 Å². The van der Waals surface area contributed by atoms with Crippen molar-refractivity contribution in [2.24, 2.45) is 0 Å². The molecule has 0 aliphatic carbocycles. The van der Waals surface area contributed by atoms with Gasteiger partial charge in [0.15, 0.2) is 5.78 Å². The lowest BCUT2D eigenvalue weighted by molar-refractivity contribution is -0.121. The van der Waals surface area contributed by atoms with Gasteiger partial charge >= 0.3 is 0 Å². The topological polar surface area (TPSA) is 46.2 Å². The Morgan fingerprint density at radius 1 is 1.18 bits per heavy atom. The highest BCUT2D eigenvalue weighted by Gasteiger charge is 2.08. The van der Waals surface area contributed by atoms with E-state index in [0.717, 1.165) is 0 Å². The minimum absolute atomic E-state index is 0.0160. The lowest BCUT2D eigenvalue weighted by Gasteiger charge is -2.02. The number of rotatable bonds is 6. The molecule has 0 saturated heterocycles. The molecule has 3 nitrogen and oxygen atoms in total. The first-order valence-electron chi connectivity index (χ1n) is 5.52. The van der Waals surface area contributed by atoms with Crippen LogP contribution in [0.1, 0.15) is 29.6 Å². The van der Waals surface area contributed by atoms with Gasteiger partial charge in [-0.05, 0) is 0 Å². The lowest BCUT2D eigenvalue weighted by Crippen LogP contribution is -2.24. The summed E-state index contributed by atoms with van der Waals surface area (Å²) in [6, 6.07) is 8.96. The molecule has 17 heavy (non-hydrogen) atoms. The number of benzene rings is 1. The van der Waals surface area contributed by atoms with Gasteiger partial charge in [-0.15, -0.1) is 12.3 Å². The van der Waals surface area contributed by atoms with Crippen molar-refractivity contribution < 1.29 is 9.59 Å². The van der Waals surface area contributed by atoms with Crippen LogP contribution in [0.25, 0.3) is 0 Å². The van der Waals surface area contributed by atoms with Crippen LogP contribution in [0.15, 0.2) is 30.3 Å². The third-order valence-corrected chi connectivity index (χ3v) is 2.27. The first kappa shape index (κ1) is 13.0. The molecule has 3 heteroatoms. The Kier molecular flexibility index (Phi) is 5.53. The molecule has 1 rings (SSSR count). The van der Waals surface area contributed by atoms with E-state index in [1.807, 2.05) is 6.07 Å². The molecule has 0 atom stereocenters. The van der Waals surface area contributed by atoms with Gasteiger partial charge in [0.1, 0.15) is 0 Å². The Balaban J connectivity index is 2.29. The zero-order chi connectivity index (χ0) is 12.5. The quantitative estimate of drug-likeness (QED) is 0.459. The molecule has 0 radical (unpaired) electrons. The van der Waals surface area contributed by atoms with Gasteiger partial charge in [0.05, 0.1) is 0 Å². The van der Waals surface area contributed by atoms with Crippen molar-refractivity contribution in [2.75, 3.05) is 6.54 Å². The van der Waals surface area contributed by atoms with Crippen LogP contribution in [-0.2, 0) is 4.79 Å². The Morgan fingerprint density at radius 3 is 2.53 bits per heavy atom. The standard InChI is InChI=1S/C14H15NO2/c1-2-3-11-15-14(17)10-9-13(16)12-7-5-4-6-8-12/h1,4-8H,3,9-11H2,(H,15,17). The molecule has 0 aliphatic heterocycles. The molecule has 0 fully saturated rings. The van der Waals surface area contributed by atoms with E-state index >= 15 is 0 Å². The van der Waals surface area contributed by atoms with Crippen LogP contribution < -0.4 is 5.32 Å². The highest BCUT2D eigenvalue weighted by Crippen LogP contribution is 2.04. The second-order valence-corrected chi connectivity index (χ2v) is 3.59. The number of carbonyl (C=O) groups is 2. The molecule has 0 aliphatic rings. The maximum absolute atomic E-state index is 11.7. The Bertz CT molecular complexity index is 418. The fourth-order valence-electron chi connectivity index (χ4n) is 1.36. The summed E-state index contributed by atoms with van der Waals surface area (Å²) in [6.07, 6.45) is 6.00. The summed E-state index contributed by atoms with van der Waals surface area (Å²) in [7, 11) is 0. The Morgan fingerprint density at radius 2 is 1.88 bits per heavy atom. The minimum atomic E-state index is -0.135. The van der Waals surface area contributed by atoms with E-state index in [9.17, 15) is 9.59 Å². The first-order chi connectivity index (χ1) is 8.24. The number of Topliss-reactive ketones (excluding diaryl/α,β-unsaturated/α-hetero) is 1. The summed E-state index contributed by atoms with van der Waals surface area (Å²) in [6.45, 7) is 0.467. The molecular weight excluding hydrogens is 214 g/mol. The summed E-state index contributed by atoms with van der Waals surface area (Å²) in [4.78, 5) is 23.0. The third kappa shape index (κ3) is 4.98. The molecule has 1 aromatic rings. The summed E-state index contributed by atoms with van der Waals surface area (Å²) >= 11 is 0. The van der Waals surface area contributed by atoms with Crippen molar-refractivity contribution in [2.45, 2.75) is 19.3 Å². The van der Waals surface area contributed by atoms with E-state index in [0.29, 0.717) is 18.5 Å². The van der Waals surface area contributed by atoms with Gasteiger partial charge in [-0.3, -0.25) is 9.59 Å². The van der Waals surface area contributed by atoms with Crippen LogP contribution in [0, 0.1) is 12.3 Å². The van der Waals surface area contributed by atoms with E-state index in [2.05, 4.69) is 11.2 Å². The second-order valence-electron chi connectivity index (χ2n) is 3.59. The fraction of sp³-hybridized carbons (Fsp3) is 0.286. The maximum atomic E-state index is 11.7. The van der Waals surface area contributed by atoms with Gasteiger partial charge < -0.3 is 5.32 Å². The third-order valence-electron chi connectivity index (χ3n) is 2.27. The summed E-state index contributed by atoms with van der Waals surface area (Å²) < 4.78 is 0. The Labute approximate surface area is 101 Å². The maximum Gasteiger partial charge on any atom is 0.220 e. The second kappa shape index (κ2) is 7.24. The van der Waals surface area contributed by atoms with E-state index in [4.69, 9.17) is 6.42 Å². The van der Waals surface area contributed by atoms with Crippen molar-refractivity contribution in [3.8, 4) is 12.3 Å². The summed E-state index contributed by atoms with van der Waals surface area (Å²) in [5.74, 6) is 2.28. The van der Waals surface area contributed by atoms with Crippen molar-refractivity contribution in [1.82, 2.24) is 5.32 Å². The molecule has 0 unspecified atom stereocenters. The smallest absolute Gasteiger partial charge is 0.220 e. The van der Waals surface area contributed by atoms with Gasteiger partial charge in [-0.25, -0.2) is 0 Å². The first-order valence-corrected chi connectivity index (χ1v) is 5.52. The molecule has 1 N–H and O–H groups in total. The number of amides is 1. The normalized spacial score (nSPS) is 9.35. The van der Waals surface area contributed by atoms with Gasteiger partial charge in [0, 0.05) is 31.4 Å². The predicted octanol–water partition coefficient (Wildman–Crippen LogP) is 1.79. The number of terminal acetylenes is 1. The van der Waals surface area contributed by atoms with Crippen molar-refractivity contribution in [1.29, 1.82) is 0 Å². The Hall–Kier alpha value is -2.08. The minimum Gasteiger partial charge on any atom is -0.355 e. The number of ketones is 1. The molecule has 0 aromatic heterocycles. The SMILES string of the molecule is C#CCCNC(=O)CCC(=O)c1ccccc1. The number of carbonyl (C=O) groups excluding carboxylic acids is 2. The van der Waals surface area contributed by atoms with Crippen LogP contribution in [-0.4, -0.2) is 18.2 Å². The highest BCUT2D eigenvalue weighted by atomic mass is 16.2. The van der Waals surface area contributed by atoms with Crippen molar-refractivity contribution >= 4 is 11.7 Å². The summed E-state index contributed by atoms with van der Waals surface area (Å²) in [5, 5.41) is 2.66. The van der Waals surface area contributed by atoms with Crippen molar-refractivity contribution in [3.05, 3.63) is 35.9 Å². The molecule has 88 valence electrons. The predicted molar refractivity (Wildman–Crippen MR) is 66.5 cm³/mol. The van der Waals surface area contributed by atoms with Crippen LogP contribution in [0.5, 0.6) is 0 Å². The molecule has 1 amide bonds. The van der Waals surface area contributed by atoms with Gasteiger partial charge in [-0.1, -0.05) is 30.3 Å². The van der Waals surface area contributed by atoms with E-state index in [-0.39, 0.29) is 24.5 Å². The molecule has 0 bridgehead atoms. The van der Waals surface area contributed by atoms with Crippen LogP contribution in [0.3, 0.4) is 0 Å². The molecule has 0 heterocycles. The van der Waals surface area contributed by atoms with Crippen LogP contribution >= 0.6 is 0 Å². The van der Waals surface area contributed by atoms with Crippen LogP contribution in [0.2, 0.25) is 0 Å². The number of hydrogen-bond acceptors (Lipinski definition) is 2. The number of hydrogen-bond donors (Lipinski definition) is 1. The number of nitrogens with one attached hydrogen (secondary N) is 1. The lowest BCUT2D eigenvalue weighted by atomic mass is 10.1. The van der Waals surface area contributed by atoms with E-state index in [1.54, 1.807) is 24.3 Å². The van der Waals surface area contributed by atoms with Crippen molar-refractivity contribution in [3.63, 3.8) is 0 Å². The zero-order valence-electron chi connectivity index (χ0n) is 9.61. The largest absolute Gasteiger partial charge is 0.355 e. The summed E-state index contributed by atoms with van der Waals surface area (Å²) in [5.41, 5.74) is 0.643. The average molecular weight is 229 g/mol. The van der Waals surface area contributed by atoms with E-state index < -0.39 is 0 Å².